The van der Waals surface area contributed by atoms with Gasteiger partial charge in [0.25, 0.3) is 0 Å². The van der Waals surface area contributed by atoms with Crippen molar-refractivity contribution in [2.75, 3.05) is 11.5 Å². The van der Waals surface area contributed by atoms with E-state index in [1.54, 1.807) is 23.1 Å². The van der Waals surface area contributed by atoms with E-state index < -0.39 is 0 Å². The van der Waals surface area contributed by atoms with Crippen LogP contribution in [0, 0.1) is 0 Å². The van der Waals surface area contributed by atoms with Gasteiger partial charge >= 0.3 is 0 Å². The van der Waals surface area contributed by atoms with E-state index in [2.05, 4.69) is 16.2 Å². The molecule has 2 aromatic heterocycles. The Morgan fingerprint density at radius 3 is 3.12 bits per heavy atom. The number of aromatic nitrogens is 2. The van der Waals surface area contributed by atoms with E-state index in [-0.39, 0.29) is 12.0 Å². The summed E-state index contributed by atoms with van der Waals surface area (Å²) in [6.07, 6.45) is 0.354. The van der Waals surface area contributed by atoms with Crippen LogP contribution < -0.4 is 0 Å². The molecule has 1 N–H and O–H groups in total. The van der Waals surface area contributed by atoms with Gasteiger partial charge in [0.05, 0.1) is 12.0 Å². The minimum absolute atomic E-state index is 0.00425. The number of hydrogen-bond acceptors (Lipinski definition) is 6. The zero-order valence-corrected chi connectivity index (χ0v) is 10.7. The van der Waals surface area contributed by atoms with Crippen LogP contribution in [-0.4, -0.2) is 32.9 Å². The second kappa shape index (κ2) is 4.80. The molecule has 2 atom stereocenters. The van der Waals surface area contributed by atoms with E-state index in [9.17, 15) is 5.11 Å². The summed E-state index contributed by atoms with van der Waals surface area (Å²) in [7, 11) is 0. The Hall–Kier alpha value is -0.850. The smallest absolute Gasteiger partial charge is 0.233 e. The molecule has 0 bridgehead atoms. The largest absolute Gasteiger partial charge is 0.391 e. The first-order chi connectivity index (χ1) is 8.33. The molecule has 17 heavy (non-hydrogen) atoms. The predicted octanol–water partition coefficient (Wildman–Crippen LogP) is 1.91. The summed E-state index contributed by atoms with van der Waals surface area (Å²) in [5, 5.41) is 15.8. The molecule has 0 saturated carbocycles. The summed E-state index contributed by atoms with van der Waals surface area (Å²) >= 11 is 3.41. The van der Waals surface area contributed by atoms with Gasteiger partial charge in [-0.25, -0.2) is 0 Å². The van der Waals surface area contributed by atoms with E-state index in [0.717, 1.165) is 11.5 Å². The minimum Gasteiger partial charge on any atom is -0.391 e. The topological polar surface area (TPSA) is 59.2 Å². The molecule has 0 aromatic carbocycles. The van der Waals surface area contributed by atoms with Crippen molar-refractivity contribution in [1.29, 1.82) is 0 Å². The molecule has 4 nitrogen and oxygen atoms in total. The number of thioether (sulfide) groups is 1. The van der Waals surface area contributed by atoms with E-state index in [1.807, 2.05) is 11.4 Å². The molecule has 0 amide bonds. The first-order valence-electron chi connectivity index (χ1n) is 5.43. The molecular formula is C11H12N2O2S2. The first-order valence-corrected chi connectivity index (χ1v) is 7.47. The van der Waals surface area contributed by atoms with Crippen LogP contribution in [-0.2, 0) is 6.42 Å². The van der Waals surface area contributed by atoms with Gasteiger partial charge in [0.15, 0.2) is 5.82 Å². The molecule has 1 saturated heterocycles. The highest BCUT2D eigenvalue weighted by atomic mass is 32.2. The maximum atomic E-state index is 9.76. The molecule has 0 radical (unpaired) electrons. The van der Waals surface area contributed by atoms with Crippen molar-refractivity contribution in [3.63, 3.8) is 0 Å². The van der Waals surface area contributed by atoms with Gasteiger partial charge in [-0.2, -0.15) is 16.7 Å². The van der Waals surface area contributed by atoms with Crippen molar-refractivity contribution in [2.45, 2.75) is 18.4 Å². The third-order valence-corrected chi connectivity index (χ3v) is 4.81. The first kappa shape index (κ1) is 11.3. The maximum Gasteiger partial charge on any atom is 0.233 e. The molecule has 1 aliphatic heterocycles. The highest BCUT2D eigenvalue weighted by molar-refractivity contribution is 7.99. The number of rotatable bonds is 3. The van der Waals surface area contributed by atoms with Gasteiger partial charge in [-0.15, -0.1) is 11.3 Å². The van der Waals surface area contributed by atoms with Crippen molar-refractivity contribution in [3.8, 4) is 0 Å². The lowest BCUT2D eigenvalue weighted by atomic mass is 10.1. The number of thiophene rings is 1. The maximum absolute atomic E-state index is 9.76. The molecule has 0 spiro atoms. The molecule has 2 aromatic rings. The van der Waals surface area contributed by atoms with Gasteiger partial charge in [-0.05, 0) is 11.4 Å². The molecule has 3 heterocycles. The van der Waals surface area contributed by atoms with Gasteiger partial charge in [0, 0.05) is 22.8 Å². The van der Waals surface area contributed by atoms with Crippen LogP contribution in [0.4, 0.5) is 0 Å². The summed E-state index contributed by atoms with van der Waals surface area (Å²) in [6, 6.07) is 4.07. The summed E-state index contributed by atoms with van der Waals surface area (Å²) < 4.78 is 5.24. The standard InChI is InChI=1S/C11H12N2O2S2/c14-9-6-16-5-8(9)11-12-10(13-15-11)4-7-2-1-3-17-7/h1-3,8-9,14H,4-6H2. The van der Waals surface area contributed by atoms with Crippen molar-refractivity contribution >= 4 is 23.1 Å². The number of nitrogens with zero attached hydrogens (tertiary/aromatic N) is 2. The van der Waals surface area contributed by atoms with Crippen LogP contribution in [0.15, 0.2) is 22.0 Å². The fraction of sp³-hybridized carbons (Fsp3) is 0.455. The quantitative estimate of drug-likeness (QED) is 0.921. The molecule has 0 aliphatic carbocycles. The number of hydrogen-bond donors (Lipinski definition) is 1. The van der Waals surface area contributed by atoms with Crippen LogP contribution in [0.2, 0.25) is 0 Å². The van der Waals surface area contributed by atoms with Crippen LogP contribution >= 0.6 is 23.1 Å². The highest BCUT2D eigenvalue weighted by Gasteiger charge is 2.31. The van der Waals surface area contributed by atoms with Crippen molar-refractivity contribution < 1.29 is 9.63 Å². The van der Waals surface area contributed by atoms with Gasteiger partial charge < -0.3 is 9.63 Å². The Morgan fingerprint density at radius 2 is 2.41 bits per heavy atom. The zero-order valence-electron chi connectivity index (χ0n) is 9.07. The van der Waals surface area contributed by atoms with Gasteiger partial charge in [0.1, 0.15) is 0 Å². The van der Waals surface area contributed by atoms with Gasteiger partial charge in [0.2, 0.25) is 5.89 Å². The van der Waals surface area contributed by atoms with E-state index >= 15 is 0 Å². The van der Waals surface area contributed by atoms with Crippen LogP contribution in [0.5, 0.6) is 0 Å². The molecular weight excluding hydrogens is 256 g/mol. The SMILES string of the molecule is OC1CSCC1c1nc(Cc2cccs2)no1. The Kier molecular flexibility index (Phi) is 3.17. The van der Waals surface area contributed by atoms with Crippen molar-refractivity contribution in [3.05, 3.63) is 34.1 Å². The van der Waals surface area contributed by atoms with Crippen molar-refractivity contribution in [2.24, 2.45) is 0 Å². The Bertz CT molecular complexity index is 483. The number of aliphatic hydroxyl groups is 1. The fourth-order valence-electron chi connectivity index (χ4n) is 1.84. The Morgan fingerprint density at radius 1 is 1.47 bits per heavy atom. The average Bonchev–Trinajstić information content (AvgIpc) is 3.00. The highest BCUT2D eigenvalue weighted by Crippen LogP contribution is 2.31. The van der Waals surface area contributed by atoms with Crippen molar-refractivity contribution in [1.82, 2.24) is 10.1 Å². The second-order valence-electron chi connectivity index (χ2n) is 4.02. The average molecular weight is 268 g/mol. The second-order valence-corrected chi connectivity index (χ2v) is 6.12. The molecule has 1 aliphatic rings. The third-order valence-electron chi connectivity index (χ3n) is 2.76. The van der Waals surface area contributed by atoms with E-state index in [0.29, 0.717) is 18.1 Å². The summed E-state index contributed by atoms with van der Waals surface area (Å²) in [6.45, 7) is 0. The lowest BCUT2D eigenvalue weighted by molar-refractivity contribution is 0.164. The van der Waals surface area contributed by atoms with E-state index in [4.69, 9.17) is 4.52 Å². The fourth-order valence-corrected chi connectivity index (χ4v) is 3.77. The van der Waals surface area contributed by atoms with Crippen LogP contribution in [0.1, 0.15) is 22.5 Å². The zero-order chi connectivity index (χ0) is 11.7. The summed E-state index contributed by atoms with van der Waals surface area (Å²) in [4.78, 5) is 5.59. The monoisotopic (exact) mass is 268 g/mol. The molecule has 90 valence electrons. The Balaban J connectivity index is 1.74. The normalized spacial score (nSPS) is 24.3. The Labute approximate surface area is 107 Å². The lowest BCUT2D eigenvalue weighted by Crippen LogP contribution is -2.15. The van der Waals surface area contributed by atoms with Crippen LogP contribution in [0.25, 0.3) is 0 Å². The lowest BCUT2D eigenvalue weighted by Gasteiger charge is -2.06. The third kappa shape index (κ3) is 2.38. The van der Waals surface area contributed by atoms with Gasteiger partial charge in [-0.3, -0.25) is 0 Å². The molecule has 6 heteroatoms. The molecule has 2 unspecified atom stereocenters. The molecule has 3 rings (SSSR count). The van der Waals surface area contributed by atoms with Crippen LogP contribution in [0.3, 0.4) is 0 Å². The summed E-state index contributed by atoms with van der Waals surface area (Å²) in [5.41, 5.74) is 0. The van der Waals surface area contributed by atoms with Gasteiger partial charge in [-0.1, -0.05) is 11.2 Å². The molecule has 1 fully saturated rings. The van der Waals surface area contributed by atoms with E-state index in [1.165, 1.54) is 4.88 Å². The number of aliphatic hydroxyl groups excluding tert-OH is 1. The summed E-state index contributed by atoms with van der Waals surface area (Å²) in [5.74, 6) is 2.90. The minimum atomic E-state index is -0.352. The predicted molar refractivity (Wildman–Crippen MR) is 67.5 cm³/mol.